The summed E-state index contributed by atoms with van der Waals surface area (Å²) in [4.78, 5) is 27.1. The Morgan fingerprint density at radius 3 is 2.65 bits per heavy atom. The maximum Gasteiger partial charge on any atom is 0.234 e. The van der Waals surface area contributed by atoms with Gasteiger partial charge < -0.3 is 15.4 Å². The quantitative estimate of drug-likeness (QED) is 0.801. The minimum atomic E-state index is -0.141. The molecule has 2 N–H and O–H groups in total. The molecule has 0 radical (unpaired) electrons. The van der Waals surface area contributed by atoms with Crippen molar-refractivity contribution in [3.8, 4) is 5.75 Å². The summed E-state index contributed by atoms with van der Waals surface area (Å²) in [5.74, 6) is 1.48. The smallest absolute Gasteiger partial charge is 0.234 e. The average molecular weight is 351 g/mol. The van der Waals surface area contributed by atoms with Crippen LogP contribution in [0.25, 0.3) is 0 Å². The molecular weight excluding hydrogens is 334 g/mol. The fraction of sp³-hybridized carbons (Fsp3) is 0.267. The van der Waals surface area contributed by atoms with Gasteiger partial charge in [0.1, 0.15) is 5.75 Å². The number of anilines is 2. The number of nitrogens with one attached hydrogen (secondary N) is 2. The van der Waals surface area contributed by atoms with E-state index in [1.54, 1.807) is 31.4 Å². The number of thioether (sulfide) groups is 1. The first-order chi connectivity index (χ1) is 11.1. The Balaban J connectivity index is 1.73. The third kappa shape index (κ3) is 5.91. The summed E-state index contributed by atoms with van der Waals surface area (Å²) in [6.07, 6.45) is 0. The molecule has 0 saturated heterocycles. The average Bonchev–Trinajstić information content (AvgIpc) is 2.94. The van der Waals surface area contributed by atoms with Crippen LogP contribution in [0.4, 0.5) is 10.8 Å². The molecule has 0 bridgehead atoms. The number of methoxy groups -OCH3 is 1. The molecule has 1 heterocycles. The van der Waals surface area contributed by atoms with E-state index in [2.05, 4.69) is 15.6 Å². The van der Waals surface area contributed by atoms with Gasteiger partial charge in [0.15, 0.2) is 5.13 Å². The molecular formula is C15H17N3O3S2. The summed E-state index contributed by atoms with van der Waals surface area (Å²) in [5.41, 5.74) is 1.58. The first-order valence-corrected chi connectivity index (χ1v) is 8.84. The van der Waals surface area contributed by atoms with E-state index in [0.717, 1.165) is 17.1 Å². The van der Waals surface area contributed by atoms with E-state index in [-0.39, 0.29) is 11.8 Å². The third-order valence-corrected chi connectivity index (χ3v) is 4.46. The molecule has 23 heavy (non-hydrogen) atoms. The number of amides is 2. The molecule has 0 saturated carbocycles. The second-order valence-electron chi connectivity index (χ2n) is 4.59. The second kappa shape index (κ2) is 8.54. The van der Waals surface area contributed by atoms with Gasteiger partial charge in [-0.15, -0.1) is 23.1 Å². The van der Waals surface area contributed by atoms with Gasteiger partial charge in [0.2, 0.25) is 11.8 Å². The Bertz CT molecular complexity index is 671. The number of aromatic nitrogens is 1. The van der Waals surface area contributed by atoms with Gasteiger partial charge in [0, 0.05) is 23.7 Å². The molecule has 2 rings (SSSR count). The number of thiazole rings is 1. The monoisotopic (exact) mass is 351 g/mol. The van der Waals surface area contributed by atoms with E-state index in [1.807, 2.05) is 5.38 Å². The molecule has 0 atom stereocenters. The molecule has 0 fully saturated rings. The Morgan fingerprint density at radius 1 is 1.26 bits per heavy atom. The van der Waals surface area contributed by atoms with Crippen LogP contribution in [0.15, 0.2) is 29.6 Å². The number of hydrogen-bond acceptors (Lipinski definition) is 6. The van der Waals surface area contributed by atoms with Gasteiger partial charge in [0.05, 0.1) is 18.6 Å². The van der Waals surface area contributed by atoms with Crippen LogP contribution in [-0.4, -0.2) is 29.7 Å². The highest BCUT2D eigenvalue weighted by molar-refractivity contribution is 7.99. The topological polar surface area (TPSA) is 80.3 Å². The first kappa shape index (κ1) is 17.3. The zero-order valence-electron chi connectivity index (χ0n) is 12.8. The maximum absolute atomic E-state index is 11.9. The van der Waals surface area contributed by atoms with Crippen LogP contribution in [-0.2, 0) is 15.3 Å². The van der Waals surface area contributed by atoms with E-state index in [9.17, 15) is 9.59 Å². The number of benzene rings is 1. The van der Waals surface area contributed by atoms with Crippen LogP contribution >= 0.6 is 23.1 Å². The van der Waals surface area contributed by atoms with Crippen LogP contribution < -0.4 is 15.4 Å². The van der Waals surface area contributed by atoms with Gasteiger partial charge in [-0.1, -0.05) is 0 Å². The lowest BCUT2D eigenvalue weighted by molar-refractivity contribution is -0.114. The highest BCUT2D eigenvalue weighted by atomic mass is 32.2. The molecule has 8 heteroatoms. The van der Waals surface area contributed by atoms with E-state index >= 15 is 0 Å². The van der Waals surface area contributed by atoms with Gasteiger partial charge in [-0.25, -0.2) is 4.98 Å². The Morgan fingerprint density at radius 2 is 2.00 bits per heavy atom. The second-order valence-corrected chi connectivity index (χ2v) is 6.44. The minimum absolute atomic E-state index is 0.0718. The summed E-state index contributed by atoms with van der Waals surface area (Å²) < 4.78 is 5.07. The van der Waals surface area contributed by atoms with Crippen molar-refractivity contribution in [2.75, 3.05) is 23.5 Å². The molecule has 0 spiro atoms. The predicted molar refractivity (Wildman–Crippen MR) is 94.2 cm³/mol. The van der Waals surface area contributed by atoms with Crippen LogP contribution in [0.3, 0.4) is 0 Å². The lowest BCUT2D eigenvalue weighted by Crippen LogP contribution is -2.14. The summed E-state index contributed by atoms with van der Waals surface area (Å²) >= 11 is 2.84. The fourth-order valence-corrected chi connectivity index (χ4v) is 3.28. The van der Waals surface area contributed by atoms with Crippen molar-refractivity contribution < 1.29 is 14.3 Å². The number of rotatable bonds is 7. The molecule has 6 nitrogen and oxygen atoms in total. The molecule has 1 aromatic carbocycles. The van der Waals surface area contributed by atoms with Gasteiger partial charge in [-0.3, -0.25) is 9.59 Å². The summed E-state index contributed by atoms with van der Waals surface area (Å²) in [6, 6.07) is 7.17. The van der Waals surface area contributed by atoms with E-state index in [1.165, 1.54) is 30.0 Å². The number of hydrogen-bond donors (Lipinski definition) is 2. The molecule has 2 aromatic rings. The van der Waals surface area contributed by atoms with Crippen molar-refractivity contribution in [3.05, 3.63) is 35.3 Å². The lowest BCUT2D eigenvalue weighted by Gasteiger charge is -2.05. The number of nitrogens with zero attached hydrogens (tertiary/aromatic N) is 1. The van der Waals surface area contributed by atoms with Crippen molar-refractivity contribution >= 4 is 45.7 Å². The number of carbonyl (C=O) groups excluding carboxylic acids is 2. The standard InChI is InChI=1S/C15H17N3O3S2/c1-10(19)16-15-18-12(8-23-15)7-22-9-14(20)17-11-3-5-13(21-2)6-4-11/h3-6,8H,7,9H2,1-2H3,(H,17,20)(H,16,18,19). The highest BCUT2D eigenvalue weighted by Gasteiger charge is 2.06. The van der Waals surface area contributed by atoms with Crippen LogP contribution in [0.2, 0.25) is 0 Å². The van der Waals surface area contributed by atoms with Gasteiger partial charge >= 0.3 is 0 Å². The van der Waals surface area contributed by atoms with Gasteiger partial charge in [-0.2, -0.15) is 0 Å². The van der Waals surface area contributed by atoms with Crippen molar-refractivity contribution in [1.29, 1.82) is 0 Å². The van der Waals surface area contributed by atoms with Crippen LogP contribution in [0.1, 0.15) is 12.6 Å². The highest BCUT2D eigenvalue weighted by Crippen LogP contribution is 2.20. The predicted octanol–water partition coefficient (Wildman–Crippen LogP) is 2.98. The Kier molecular flexibility index (Phi) is 6.42. The van der Waals surface area contributed by atoms with Gasteiger partial charge in [-0.05, 0) is 24.3 Å². The molecule has 1 aromatic heterocycles. The van der Waals surface area contributed by atoms with Crippen molar-refractivity contribution in [3.63, 3.8) is 0 Å². The van der Waals surface area contributed by atoms with Gasteiger partial charge in [0.25, 0.3) is 0 Å². The Hall–Kier alpha value is -2.06. The maximum atomic E-state index is 11.9. The van der Waals surface area contributed by atoms with E-state index < -0.39 is 0 Å². The number of ether oxygens (including phenoxy) is 1. The number of carbonyl (C=O) groups is 2. The van der Waals surface area contributed by atoms with Crippen molar-refractivity contribution in [2.45, 2.75) is 12.7 Å². The van der Waals surface area contributed by atoms with E-state index in [4.69, 9.17) is 4.74 Å². The molecule has 0 unspecified atom stereocenters. The normalized spacial score (nSPS) is 10.2. The lowest BCUT2D eigenvalue weighted by atomic mass is 10.3. The SMILES string of the molecule is COc1ccc(NC(=O)CSCc2csc(NC(C)=O)n2)cc1. The summed E-state index contributed by atoms with van der Waals surface area (Å²) in [5, 5.41) is 7.91. The van der Waals surface area contributed by atoms with Crippen LogP contribution in [0, 0.1) is 0 Å². The molecule has 0 aliphatic rings. The van der Waals surface area contributed by atoms with Crippen LogP contribution in [0.5, 0.6) is 5.75 Å². The first-order valence-electron chi connectivity index (χ1n) is 6.80. The molecule has 2 amide bonds. The zero-order valence-corrected chi connectivity index (χ0v) is 14.4. The molecule has 122 valence electrons. The molecule has 0 aliphatic carbocycles. The molecule has 0 aliphatic heterocycles. The fourth-order valence-electron chi connectivity index (χ4n) is 1.70. The zero-order chi connectivity index (χ0) is 16.7. The minimum Gasteiger partial charge on any atom is -0.497 e. The van der Waals surface area contributed by atoms with E-state index in [0.29, 0.717) is 16.6 Å². The summed E-state index contributed by atoms with van der Waals surface area (Å²) in [7, 11) is 1.60. The Labute approximate surface area is 142 Å². The van der Waals surface area contributed by atoms with Crippen molar-refractivity contribution in [1.82, 2.24) is 4.98 Å². The van der Waals surface area contributed by atoms with Crippen molar-refractivity contribution in [2.24, 2.45) is 0 Å². The summed E-state index contributed by atoms with van der Waals surface area (Å²) in [6.45, 7) is 1.44. The third-order valence-electron chi connectivity index (χ3n) is 2.69. The largest absolute Gasteiger partial charge is 0.497 e.